The van der Waals surface area contributed by atoms with E-state index in [1.165, 1.54) is 32.4 Å². The molecule has 1 amide bonds. The second-order valence-electron chi connectivity index (χ2n) is 6.86. The van der Waals surface area contributed by atoms with Gasteiger partial charge in [-0.25, -0.2) is 8.42 Å². The summed E-state index contributed by atoms with van der Waals surface area (Å²) in [4.78, 5) is 12.5. The van der Waals surface area contributed by atoms with Gasteiger partial charge in [-0.1, -0.05) is 17.7 Å². The molecule has 0 unspecified atom stereocenters. The van der Waals surface area contributed by atoms with Crippen molar-refractivity contribution >= 4 is 33.2 Å². The van der Waals surface area contributed by atoms with E-state index in [0.29, 0.717) is 24.3 Å². The fourth-order valence-electron chi connectivity index (χ4n) is 3.03. The summed E-state index contributed by atoms with van der Waals surface area (Å²) in [6.07, 6.45) is 2.08. The van der Waals surface area contributed by atoms with Crippen LogP contribution >= 0.6 is 11.6 Å². The molecule has 8 nitrogen and oxygen atoms in total. The lowest BCUT2D eigenvalue weighted by Crippen LogP contribution is -2.26. The van der Waals surface area contributed by atoms with Gasteiger partial charge < -0.3 is 19.2 Å². The number of carbonyl (C=O) groups is 1. The van der Waals surface area contributed by atoms with E-state index in [4.69, 9.17) is 25.5 Å². The van der Waals surface area contributed by atoms with Crippen molar-refractivity contribution in [3.05, 3.63) is 70.6 Å². The Kier molecular flexibility index (Phi) is 7.32. The van der Waals surface area contributed by atoms with Gasteiger partial charge in [-0.05, 0) is 42.8 Å². The molecule has 0 spiro atoms. The predicted octanol–water partition coefficient (Wildman–Crippen LogP) is 4.03. The first-order valence-electron chi connectivity index (χ1n) is 9.60. The Morgan fingerprint density at radius 2 is 1.84 bits per heavy atom. The Hall–Kier alpha value is -3.17. The molecule has 170 valence electrons. The van der Waals surface area contributed by atoms with Crippen LogP contribution in [-0.4, -0.2) is 35.1 Å². The zero-order valence-corrected chi connectivity index (χ0v) is 19.3. The summed E-state index contributed by atoms with van der Waals surface area (Å²) in [5.74, 6) is 0.932. The molecule has 10 heteroatoms. The number of anilines is 1. The van der Waals surface area contributed by atoms with E-state index in [0.717, 1.165) is 5.76 Å². The van der Waals surface area contributed by atoms with Crippen LogP contribution in [0.1, 0.15) is 21.7 Å². The van der Waals surface area contributed by atoms with E-state index in [9.17, 15) is 13.2 Å². The molecule has 0 atom stereocenters. The Morgan fingerprint density at radius 1 is 1.09 bits per heavy atom. The maximum atomic E-state index is 13.1. The van der Waals surface area contributed by atoms with E-state index >= 15 is 0 Å². The van der Waals surface area contributed by atoms with E-state index < -0.39 is 15.9 Å². The van der Waals surface area contributed by atoms with Gasteiger partial charge in [0.2, 0.25) is 0 Å². The number of amides is 1. The molecule has 32 heavy (non-hydrogen) atoms. The van der Waals surface area contributed by atoms with Crippen molar-refractivity contribution in [2.75, 3.05) is 25.5 Å². The van der Waals surface area contributed by atoms with Gasteiger partial charge in [0, 0.05) is 24.6 Å². The average molecular weight is 479 g/mol. The fourth-order valence-corrected chi connectivity index (χ4v) is 4.60. The standard InChI is InChI=1S/C22H23ClN2O6S/c1-14-6-7-15(22(26)24-9-8-16-5-4-10-31-16)11-21(14)32(27,28)25-18-12-17(23)19(29-2)13-20(18)30-3/h4-7,10-13,25H,8-9H2,1-3H3,(H,24,26). The van der Waals surface area contributed by atoms with Crippen LogP contribution < -0.4 is 19.5 Å². The molecule has 0 fully saturated rings. The SMILES string of the molecule is COc1cc(OC)c(NS(=O)(=O)c2cc(C(=O)NCCc3ccco3)ccc2C)cc1Cl. The number of halogens is 1. The van der Waals surface area contributed by atoms with Crippen molar-refractivity contribution < 1.29 is 27.1 Å². The van der Waals surface area contributed by atoms with Gasteiger partial charge in [-0.15, -0.1) is 0 Å². The van der Waals surface area contributed by atoms with Crippen molar-refractivity contribution in [3.63, 3.8) is 0 Å². The number of carbonyl (C=O) groups excluding carboxylic acids is 1. The highest BCUT2D eigenvalue weighted by molar-refractivity contribution is 7.92. The number of aryl methyl sites for hydroxylation is 1. The highest BCUT2D eigenvalue weighted by atomic mass is 35.5. The van der Waals surface area contributed by atoms with Crippen LogP contribution in [0.15, 0.2) is 58.0 Å². The average Bonchev–Trinajstić information content (AvgIpc) is 3.27. The lowest BCUT2D eigenvalue weighted by molar-refractivity contribution is 0.0953. The number of rotatable bonds is 9. The van der Waals surface area contributed by atoms with Crippen molar-refractivity contribution in [1.29, 1.82) is 0 Å². The van der Waals surface area contributed by atoms with Crippen molar-refractivity contribution in [2.24, 2.45) is 0 Å². The number of furan rings is 1. The van der Waals surface area contributed by atoms with Crippen LogP contribution in [0.3, 0.4) is 0 Å². The molecule has 1 aromatic heterocycles. The Labute approximate surface area is 191 Å². The topological polar surface area (TPSA) is 107 Å². The molecule has 0 saturated carbocycles. The predicted molar refractivity (Wildman–Crippen MR) is 121 cm³/mol. The van der Waals surface area contributed by atoms with Crippen LogP contribution in [0.2, 0.25) is 5.02 Å². The van der Waals surface area contributed by atoms with Gasteiger partial charge in [-0.3, -0.25) is 9.52 Å². The lowest BCUT2D eigenvalue weighted by Gasteiger charge is -2.16. The quantitative estimate of drug-likeness (QED) is 0.481. The van der Waals surface area contributed by atoms with Crippen molar-refractivity contribution in [2.45, 2.75) is 18.2 Å². The highest BCUT2D eigenvalue weighted by Crippen LogP contribution is 2.37. The maximum absolute atomic E-state index is 13.1. The van der Waals surface area contributed by atoms with E-state index in [1.54, 1.807) is 31.4 Å². The first-order chi connectivity index (χ1) is 15.2. The fraction of sp³-hybridized carbons (Fsp3) is 0.227. The number of hydrogen-bond acceptors (Lipinski definition) is 6. The number of ether oxygens (including phenoxy) is 2. The number of methoxy groups -OCH3 is 2. The summed E-state index contributed by atoms with van der Waals surface area (Å²) in [7, 11) is -1.20. The summed E-state index contributed by atoms with van der Waals surface area (Å²) in [6, 6.07) is 10.9. The third kappa shape index (κ3) is 5.35. The number of benzene rings is 2. The molecule has 0 aliphatic rings. The van der Waals surface area contributed by atoms with Gasteiger partial charge in [0.25, 0.3) is 15.9 Å². The monoisotopic (exact) mass is 478 g/mol. The van der Waals surface area contributed by atoms with Crippen LogP contribution in [0.25, 0.3) is 0 Å². The minimum Gasteiger partial charge on any atom is -0.495 e. The second-order valence-corrected chi connectivity index (χ2v) is 8.92. The smallest absolute Gasteiger partial charge is 0.262 e. The molecule has 3 aromatic rings. The number of hydrogen-bond donors (Lipinski definition) is 2. The lowest BCUT2D eigenvalue weighted by atomic mass is 10.1. The zero-order chi connectivity index (χ0) is 23.3. The summed E-state index contributed by atoms with van der Waals surface area (Å²) < 4.78 is 44.3. The summed E-state index contributed by atoms with van der Waals surface area (Å²) in [6.45, 7) is 1.99. The van der Waals surface area contributed by atoms with E-state index in [-0.39, 0.29) is 26.9 Å². The molecule has 2 aromatic carbocycles. The molecule has 3 rings (SSSR count). The van der Waals surface area contributed by atoms with Crippen molar-refractivity contribution in [3.8, 4) is 11.5 Å². The van der Waals surface area contributed by atoms with Crippen LogP contribution in [0.4, 0.5) is 5.69 Å². The first kappa shape index (κ1) is 23.5. The third-order valence-corrected chi connectivity index (χ3v) is 6.50. The molecule has 0 aliphatic carbocycles. The van der Waals surface area contributed by atoms with Crippen LogP contribution in [0, 0.1) is 6.92 Å². The Morgan fingerprint density at radius 3 is 2.50 bits per heavy atom. The molecule has 0 saturated heterocycles. The molecule has 1 heterocycles. The maximum Gasteiger partial charge on any atom is 0.262 e. The number of nitrogens with one attached hydrogen (secondary N) is 2. The number of sulfonamides is 1. The van der Waals surface area contributed by atoms with Crippen LogP contribution in [-0.2, 0) is 16.4 Å². The zero-order valence-electron chi connectivity index (χ0n) is 17.8. The van der Waals surface area contributed by atoms with Gasteiger partial charge in [0.05, 0.1) is 36.1 Å². The summed E-state index contributed by atoms with van der Waals surface area (Å²) in [5.41, 5.74) is 0.837. The first-order valence-corrected chi connectivity index (χ1v) is 11.5. The van der Waals surface area contributed by atoms with E-state index in [2.05, 4.69) is 10.0 Å². The second kappa shape index (κ2) is 9.97. The highest BCUT2D eigenvalue weighted by Gasteiger charge is 2.22. The Balaban J connectivity index is 1.82. The summed E-state index contributed by atoms with van der Waals surface area (Å²) >= 11 is 6.14. The minimum atomic E-state index is -4.05. The van der Waals surface area contributed by atoms with Crippen molar-refractivity contribution in [1.82, 2.24) is 5.32 Å². The third-order valence-electron chi connectivity index (χ3n) is 4.70. The van der Waals surface area contributed by atoms with Gasteiger partial charge >= 0.3 is 0 Å². The molecule has 0 bridgehead atoms. The van der Waals surface area contributed by atoms with Gasteiger partial charge in [0.15, 0.2) is 0 Å². The molecule has 0 radical (unpaired) electrons. The minimum absolute atomic E-state index is 0.0369. The van der Waals surface area contributed by atoms with Gasteiger partial charge in [0.1, 0.15) is 17.3 Å². The molecular weight excluding hydrogens is 456 g/mol. The molecule has 0 aliphatic heterocycles. The Bertz CT molecular complexity index is 1210. The van der Waals surface area contributed by atoms with E-state index in [1.807, 2.05) is 6.07 Å². The van der Waals surface area contributed by atoms with Crippen LogP contribution in [0.5, 0.6) is 11.5 Å². The van der Waals surface area contributed by atoms with Gasteiger partial charge in [-0.2, -0.15) is 0 Å². The largest absolute Gasteiger partial charge is 0.495 e. The molecule has 2 N–H and O–H groups in total. The molecular formula is C22H23ClN2O6S. The summed E-state index contributed by atoms with van der Waals surface area (Å²) in [5, 5.41) is 2.97. The normalized spacial score (nSPS) is 11.1.